The van der Waals surface area contributed by atoms with Gasteiger partial charge in [0.15, 0.2) is 0 Å². The first-order chi connectivity index (χ1) is 15.2. The first-order valence-electron chi connectivity index (χ1n) is 10.1. The molecule has 3 rings (SSSR count). The Morgan fingerprint density at radius 1 is 1.09 bits per heavy atom. The fourth-order valence-corrected chi connectivity index (χ4v) is 3.10. The molecular formula is C26H27ClN2O3. The second-order valence-corrected chi connectivity index (χ2v) is 8.64. The molecule has 1 heterocycles. The van der Waals surface area contributed by atoms with E-state index in [1.165, 1.54) is 0 Å². The third-order valence-electron chi connectivity index (χ3n) is 5.14. The minimum absolute atomic E-state index is 0.0150. The van der Waals surface area contributed by atoms with Crippen molar-refractivity contribution in [1.29, 1.82) is 0 Å². The number of aromatic nitrogens is 1. The average molecular weight is 451 g/mol. The van der Waals surface area contributed by atoms with Gasteiger partial charge in [-0.25, -0.2) is 0 Å². The summed E-state index contributed by atoms with van der Waals surface area (Å²) in [5, 5.41) is 23.9. The highest BCUT2D eigenvalue weighted by molar-refractivity contribution is 6.30. The second kappa shape index (κ2) is 9.79. The summed E-state index contributed by atoms with van der Waals surface area (Å²) in [5.41, 5.74) is 2.94. The van der Waals surface area contributed by atoms with Crippen molar-refractivity contribution >= 4 is 17.3 Å². The van der Waals surface area contributed by atoms with Crippen molar-refractivity contribution in [1.82, 2.24) is 10.3 Å². The molecule has 0 aliphatic carbocycles. The van der Waals surface area contributed by atoms with Crippen LogP contribution in [0, 0.1) is 5.41 Å². The Hall–Kier alpha value is -3.44. The van der Waals surface area contributed by atoms with Crippen LogP contribution in [0.3, 0.4) is 0 Å². The summed E-state index contributed by atoms with van der Waals surface area (Å²) >= 11 is 6.00. The van der Waals surface area contributed by atoms with E-state index in [0.29, 0.717) is 35.3 Å². The summed E-state index contributed by atoms with van der Waals surface area (Å²) in [6.07, 6.45) is 1.69. The summed E-state index contributed by atoms with van der Waals surface area (Å²) in [6.45, 7) is 12.0. The number of ether oxygens (including phenoxy) is 1. The third-order valence-corrected chi connectivity index (χ3v) is 5.38. The smallest absolute Gasteiger partial charge is 0.143 e. The van der Waals surface area contributed by atoms with Crippen molar-refractivity contribution in [2.45, 2.75) is 20.5 Å². The molecule has 166 valence electrons. The van der Waals surface area contributed by atoms with Gasteiger partial charge in [-0.15, -0.1) is 0 Å². The van der Waals surface area contributed by atoms with Crippen molar-refractivity contribution in [2.24, 2.45) is 5.41 Å². The monoisotopic (exact) mass is 450 g/mol. The SMILES string of the molecule is C=C(NCC(C)(C)C(=C)O)c1ncc(-c2cccc(COc3cccc(Cl)c3)c2)cc1O. The summed E-state index contributed by atoms with van der Waals surface area (Å²) in [5.74, 6) is 0.788. The lowest BCUT2D eigenvalue weighted by molar-refractivity contribution is 0.259. The van der Waals surface area contributed by atoms with Gasteiger partial charge < -0.3 is 20.3 Å². The number of benzene rings is 2. The van der Waals surface area contributed by atoms with Crippen molar-refractivity contribution in [3.05, 3.63) is 96.0 Å². The lowest BCUT2D eigenvalue weighted by Gasteiger charge is -2.24. The van der Waals surface area contributed by atoms with Crippen LogP contribution in [0.15, 0.2) is 79.7 Å². The summed E-state index contributed by atoms with van der Waals surface area (Å²) in [7, 11) is 0. The van der Waals surface area contributed by atoms with E-state index >= 15 is 0 Å². The molecule has 32 heavy (non-hydrogen) atoms. The first kappa shape index (κ1) is 23.2. The van der Waals surface area contributed by atoms with Gasteiger partial charge in [-0.1, -0.05) is 62.9 Å². The second-order valence-electron chi connectivity index (χ2n) is 8.20. The number of aliphatic hydroxyl groups excluding tert-OH is 1. The quantitative estimate of drug-likeness (QED) is 0.331. The highest BCUT2D eigenvalue weighted by atomic mass is 35.5. The number of aliphatic hydroxyl groups is 1. The molecule has 0 atom stereocenters. The first-order valence-corrected chi connectivity index (χ1v) is 10.5. The van der Waals surface area contributed by atoms with Gasteiger partial charge in [-0.05, 0) is 41.5 Å². The molecule has 0 saturated heterocycles. The van der Waals surface area contributed by atoms with Crippen LogP contribution in [0.4, 0.5) is 0 Å². The van der Waals surface area contributed by atoms with Crippen LogP contribution in [-0.4, -0.2) is 21.7 Å². The molecule has 3 N–H and O–H groups in total. The Morgan fingerprint density at radius 3 is 2.53 bits per heavy atom. The predicted molar refractivity (Wildman–Crippen MR) is 130 cm³/mol. The van der Waals surface area contributed by atoms with Gasteiger partial charge in [0.1, 0.15) is 23.8 Å². The van der Waals surface area contributed by atoms with Crippen LogP contribution in [0.25, 0.3) is 16.8 Å². The molecule has 5 nitrogen and oxygen atoms in total. The van der Waals surface area contributed by atoms with E-state index < -0.39 is 5.41 Å². The van der Waals surface area contributed by atoms with Gasteiger partial charge in [0.05, 0.1) is 11.5 Å². The molecular weight excluding hydrogens is 424 g/mol. The zero-order valence-electron chi connectivity index (χ0n) is 18.2. The highest BCUT2D eigenvalue weighted by Gasteiger charge is 2.22. The van der Waals surface area contributed by atoms with Gasteiger partial charge >= 0.3 is 0 Å². The normalized spacial score (nSPS) is 11.1. The zero-order chi connectivity index (χ0) is 23.3. The van der Waals surface area contributed by atoms with Gasteiger partial charge in [-0.3, -0.25) is 4.98 Å². The number of nitrogens with one attached hydrogen (secondary N) is 1. The largest absolute Gasteiger partial charge is 0.512 e. The number of rotatable bonds is 9. The van der Waals surface area contributed by atoms with Crippen molar-refractivity contribution in [3.8, 4) is 22.6 Å². The van der Waals surface area contributed by atoms with Crippen molar-refractivity contribution < 1.29 is 14.9 Å². The van der Waals surface area contributed by atoms with E-state index in [1.807, 2.05) is 50.2 Å². The lowest BCUT2D eigenvalue weighted by Crippen LogP contribution is -2.29. The summed E-state index contributed by atoms with van der Waals surface area (Å²) in [6, 6.07) is 16.8. The fraction of sp³-hybridized carbons (Fsp3) is 0.192. The zero-order valence-corrected chi connectivity index (χ0v) is 19.0. The maximum atomic E-state index is 10.5. The van der Waals surface area contributed by atoms with Crippen molar-refractivity contribution in [3.63, 3.8) is 0 Å². The van der Waals surface area contributed by atoms with Gasteiger partial charge in [-0.2, -0.15) is 0 Å². The van der Waals surface area contributed by atoms with Crippen LogP contribution in [0.1, 0.15) is 25.1 Å². The molecule has 0 aliphatic heterocycles. The van der Waals surface area contributed by atoms with E-state index in [4.69, 9.17) is 16.3 Å². The van der Waals surface area contributed by atoms with E-state index in [1.54, 1.807) is 24.4 Å². The van der Waals surface area contributed by atoms with Gasteiger partial charge in [0.25, 0.3) is 0 Å². The molecule has 0 bridgehead atoms. The molecule has 0 radical (unpaired) electrons. The molecule has 0 fully saturated rings. The molecule has 0 unspecified atom stereocenters. The van der Waals surface area contributed by atoms with Crippen LogP contribution in [0.2, 0.25) is 5.02 Å². The standard InChI is InChI=1S/C26H27ClN2O3/c1-17(29-16-26(3,4)18(2)30)25-24(31)12-21(14-28-25)20-8-5-7-19(11-20)15-32-23-10-6-9-22(27)13-23/h5-14,29-31H,1-2,15-16H2,3-4H3. The summed E-state index contributed by atoms with van der Waals surface area (Å²) in [4.78, 5) is 4.39. The molecule has 6 heteroatoms. The topological polar surface area (TPSA) is 74.6 Å². The van der Waals surface area contributed by atoms with E-state index in [0.717, 1.165) is 16.7 Å². The highest BCUT2D eigenvalue weighted by Crippen LogP contribution is 2.29. The maximum Gasteiger partial charge on any atom is 0.143 e. The van der Waals surface area contributed by atoms with Crippen LogP contribution in [-0.2, 0) is 6.61 Å². The number of halogens is 1. The third kappa shape index (κ3) is 5.83. The minimum Gasteiger partial charge on any atom is -0.512 e. The van der Waals surface area contributed by atoms with Crippen LogP contribution < -0.4 is 10.1 Å². The lowest BCUT2D eigenvalue weighted by atomic mass is 9.91. The van der Waals surface area contributed by atoms with Crippen LogP contribution in [0.5, 0.6) is 11.5 Å². The maximum absolute atomic E-state index is 10.5. The molecule has 0 saturated carbocycles. The molecule has 1 aromatic heterocycles. The number of hydrogen-bond acceptors (Lipinski definition) is 5. The Kier molecular flexibility index (Phi) is 7.11. The van der Waals surface area contributed by atoms with E-state index in [2.05, 4.69) is 23.5 Å². The van der Waals surface area contributed by atoms with Crippen LogP contribution >= 0.6 is 11.6 Å². The number of aromatic hydroxyl groups is 1. The van der Waals surface area contributed by atoms with E-state index in [9.17, 15) is 10.2 Å². The minimum atomic E-state index is -0.536. The molecule has 0 spiro atoms. The Bertz CT molecular complexity index is 1140. The number of pyridine rings is 1. The Morgan fingerprint density at radius 2 is 1.84 bits per heavy atom. The van der Waals surface area contributed by atoms with Crippen molar-refractivity contribution in [2.75, 3.05) is 6.54 Å². The van der Waals surface area contributed by atoms with E-state index in [-0.39, 0.29) is 11.5 Å². The Labute approximate surface area is 193 Å². The summed E-state index contributed by atoms with van der Waals surface area (Å²) < 4.78 is 5.82. The van der Waals surface area contributed by atoms with Gasteiger partial charge in [0, 0.05) is 28.7 Å². The average Bonchev–Trinajstić information content (AvgIpc) is 2.76. The number of nitrogens with zero attached hydrogens (tertiary/aromatic N) is 1. The predicted octanol–water partition coefficient (Wildman–Crippen LogP) is 6.34. The van der Waals surface area contributed by atoms with Gasteiger partial charge in [0.2, 0.25) is 0 Å². The Balaban J connectivity index is 1.71. The molecule has 0 aliphatic rings. The fourth-order valence-electron chi connectivity index (χ4n) is 2.92. The molecule has 0 amide bonds. The molecule has 3 aromatic rings. The molecule has 2 aromatic carbocycles. The number of hydrogen-bond donors (Lipinski definition) is 3.